The summed E-state index contributed by atoms with van der Waals surface area (Å²) < 4.78 is 0. The molecule has 0 unspecified atom stereocenters. The lowest BCUT2D eigenvalue weighted by molar-refractivity contribution is -0.116. The number of hydrogen-bond donors (Lipinski definition) is 2. The van der Waals surface area contributed by atoms with E-state index in [9.17, 15) is 4.79 Å². The van der Waals surface area contributed by atoms with Crippen LogP contribution in [0, 0.1) is 5.92 Å². The molecule has 116 valence electrons. The van der Waals surface area contributed by atoms with Crippen LogP contribution in [0.2, 0.25) is 0 Å². The molecule has 1 aliphatic carbocycles. The van der Waals surface area contributed by atoms with E-state index in [1.807, 2.05) is 18.2 Å². The Kier molecular flexibility index (Phi) is 5.62. The smallest absolute Gasteiger partial charge is 0.225 e. The number of anilines is 2. The molecular formula is C17H27N3O. The number of rotatable bonds is 5. The van der Waals surface area contributed by atoms with Gasteiger partial charge in [-0.1, -0.05) is 19.1 Å². The molecule has 0 spiro atoms. The molecule has 0 aromatic heterocycles. The van der Waals surface area contributed by atoms with Gasteiger partial charge in [-0.05, 0) is 50.8 Å². The molecule has 1 aromatic rings. The third kappa shape index (κ3) is 4.74. The first kappa shape index (κ1) is 15.8. The van der Waals surface area contributed by atoms with E-state index in [4.69, 9.17) is 5.73 Å². The fraction of sp³-hybridized carbons (Fsp3) is 0.588. The van der Waals surface area contributed by atoms with Gasteiger partial charge in [0.1, 0.15) is 0 Å². The Labute approximate surface area is 127 Å². The van der Waals surface area contributed by atoms with Crippen LogP contribution in [0.4, 0.5) is 11.4 Å². The van der Waals surface area contributed by atoms with Gasteiger partial charge in [-0.3, -0.25) is 4.79 Å². The Morgan fingerprint density at radius 1 is 1.29 bits per heavy atom. The van der Waals surface area contributed by atoms with Crippen molar-refractivity contribution in [2.45, 2.75) is 45.1 Å². The van der Waals surface area contributed by atoms with Gasteiger partial charge in [-0.2, -0.15) is 0 Å². The second-order valence-electron chi connectivity index (χ2n) is 6.28. The van der Waals surface area contributed by atoms with Crippen molar-refractivity contribution in [2.24, 2.45) is 5.92 Å². The third-order valence-electron chi connectivity index (χ3n) is 4.54. The maximum Gasteiger partial charge on any atom is 0.225 e. The molecule has 1 aromatic carbocycles. The van der Waals surface area contributed by atoms with E-state index in [0.717, 1.165) is 12.5 Å². The van der Waals surface area contributed by atoms with Crippen LogP contribution in [-0.2, 0) is 4.79 Å². The van der Waals surface area contributed by atoms with Crippen LogP contribution < -0.4 is 11.1 Å². The van der Waals surface area contributed by atoms with Crippen LogP contribution in [-0.4, -0.2) is 30.4 Å². The summed E-state index contributed by atoms with van der Waals surface area (Å²) in [5.41, 5.74) is 7.15. The van der Waals surface area contributed by atoms with Gasteiger partial charge in [0.05, 0.1) is 11.4 Å². The van der Waals surface area contributed by atoms with E-state index in [0.29, 0.717) is 23.8 Å². The minimum absolute atomic E-state index is 0.0314. The molecule has 1 aliphatic rings. The fourth-order valence-corrected chi connectivity index (χ4v) is 2.97. The Morgan fingerprint density at radius 3 is 2.62 bits per heavy atom. The van der Waals surface area contributed by atoms with Crippen LogP contribution in [0.3, 0.4) is 0 Å². The van der Waals surface area contributed by atoms with E-state index in [-0.39, 0.29) is 5.91 Å². The Hall–Kier alpha value is -1.55. The van der Waals surface area contributed by atoms with Crippen molar-refractivity contribution in [1.29, 1.82) is 0 Å². The first-order chi connectivity index (χ1) is 10.1. The quantitative estimate of drug-likeness (QED) is 0.819. The predicted octanol–water partition coefficient (Wildman–Crippen LogP) is 3.11. The van der Waals surface area contributed by atoms with E-state index >= 15 is 0 Å². The van der Waals surface area contributed by atoms with Gasteiger partial charge in [-0.25, -0.2) is 0 Å². The Morgan fingerprint density at radius 2 is 1.95 bits per heavy atom. The van der Waals surface area contributed by atoms with Crippen molar-refractivity contribution in [3.05, 3.63) is 24.3 Å². The highest BCUT2D eigenvalue weighted by Gasteiger charge is 2.21. The molecule has 0 saturated heterocycles. The summed E-state index contributed by atoms with van der Waals surface area (Å²) in [7, 11) is 2.13. The Bertz CT molecular complexity index is 467. The van der Waals surface area contributed by atoms with E-state index in [1.54, 1.807) is 6.07 Å². The van der Waals surface area contributed by atoms with E-state index < -0.39 is 0 Å². The van der Waals surface area contributed by atoms with Crippen molar-refractivity contribution in [3.63, 3.8) is 0 Å². The van der Waals surface area contributed by atoms with Crippen molar-refractivity contribution in [1.82, 2.24) is 4.90 Å². The molecule has 2 rings (SSSR count). The van der Waals surface area contributed by atoms with Crippen LogP contribution >= 0.6 is 0 Å². The number of benzene rings is 1. The van der Waals surface area contributed by atoms with Crippen LogP contribution in [0.1, 0.15) is 39.0 Å². The molecule has 1 amide bonds. The molecule has 0 aliphatic heterocycles. The largest absolute Gasteiger partial charge is 0.397 e. The minimum Gasteiger partial charge on any atom is -0.397 e. The highest BCUT2D eigenvalue weighted by atomic mass is 16.1. The van der Waals surface area contributed by atoms with Crippen LogP contribution in [0.25, 0.3) is 0 Å². The number of hydrogen-bond acceptors (Lipinski definition) is 3. The highest BCUT2D eigenvalue weighted by molar-refractivity contribution is 5.93. The predicted molar refractivity (Wildman–Crippen MR) is 88.2 cm³/mol. The summed E-state index contributed by atoms with van der Waals surface area (Å²) in [5.74, 6) is 0.892. The molecule has 3 N–H and O–H groups in total. The normalized spacial score (nSPS) is 22.2. The summed E-state index contributed by atoms with van der Waals surface area (Å²) in [4.78, 5) is 14.3. The molecule has 4 nitrogen and oxygen atoms in total. The van der Waals surface area contributed by atoms with Gasteiger partial charge in [0.2, 0.25) is 5.91 Å². The summed E-state index contributed by atoms with van der Waals surface area (Å²) >= 11 is 0. The number of carbonyl (C=O) groups is 1. The molecule has 1 saturated carbocycles. The molecule has 0 bridgehead atoms. The monoisotopic (exact) mass is 289 g/mol. The van der Waals surface area contributed by atoms with E-state index in [2.05, 4.69) is 24.2 Å². The maximum atomic E-state index is 12.0. The molecule has 0 radical (unpaired) electrons. The topological polar surface area (TPSA) is 58.4 Å². The zero-order chi connectivity index (χ0) is 15.2. The second kappa shape index (κ2) is 7.46. The van der Waals surface area contributed by atoms with Crippen molar-refractivity contribution < 1.29 is 4.79 Å². The van der Waals surface area contributed by atoms with Crippen LogP contribution in [0.5, 0.6) is 0 Å². The first-order valence-electron chi connectivity index (χ1n) is 7.91. The van der Waals surface area contributed by atoms with Crippen molar-refractivity contribution in [2.75, 3.05) is 24.6 Å². The summed E-state index contributed by atoms with van der Waals surface area (Å²) in [5, 5.41) is 2.88. The van der Waals surface area contributed by atoms with Gasteiger partial charge in [-0.15, -0.1) is 0 Å². The van der Waals surface area contributed by atoms with Gasteiger partial charge >= 0.3 is 0 Å². The second-order valence-corrected chi connectivity index (χ2v) is 6.28. The molecule has 0 atom stereocenters. The summed E-state index contributed by atoms with van der Waals surface area (Å²) in [6.45, 7) is 3.13. The fourth-order valence-electron chi connectivity index (χ4n) is 2.97. The standard InChI is InChI=1S/C17H27N3O/c1-13-7-9-14(10-8-13)20(2)12-11-17(21)19-16-6-4-3-5-15(16)18/h3-6,13-14H,7-12,18H2,1-2H3,(H,19,21). The number of nitrogens with two attached hydrogens (primary N) is 1. The number of nitrogens with zero attached hydrogens (tertiary/aromatic N) is 1. The lowest BCUT2D eigenvalue weighted by Crippen LogP contribution is -2.36. The van der Waals surface area contributed by atoms with Gasteiger partial charge in [0, 0.05) is 19.0 Å². The highest BCUT2D eigenvalue weighted by Crippen LogP contribution is 2.26. The summed E-state index contributed by atoms with van der Waals surface area (Å²) in [6.07, 6.45) is 5.64. The maximum absolute atomic E-state index is 12.0. The van der Waals surface area contributed by atoms with E-state index in [1.165, 1.54) is 25.7 Å². The van der Waals surface area contributed by atoms with Gasteiger partial charge < -0.3 is 16.0 Å². The SMILES string of the molecule is CC1CCC(N(C)CCC(=O)Nc2ccccc2N)CC1. The number of nitrogens with one attached hydrogen (secondary N) is 1. The van der Waals surface area contributed by atoms with Gasteiger partial charge in [0.15, 0.2) is 0 Å². The number of carbonyl (C=O) groups excluding carboxylic acids is 1. The number of amides is 1. The number of para-hydroxylation sites is 2. The summed E-state index contributed by atoms with van der Waals surface area (Å²) in [6, 6.07) is 8.00. The Balaban J connectivity index is 1.75. The van der Waals surface area contributed by atoms with Gasteiger partial charge in [0.25, 0.3) is 0 Å². The van der Waals surface area contributed by atoms with Crippen molar-refractivity contribution in [3.8, 4) is 0 Å². The lowest BCUT2D eigenvalue weighted by atomic mass is 9.87. The molecular weight excluding hydrogens is 262 g/mol. The zero-order valence-corrected chi connectivity index (χ0v) is 13.1. The first-order valence-corrected chi connectivity index (χ1v) is 7.91. The molecule has 21 heavy (non-hydrogen) atoms. The van der Waals surface area contributed by atoms with Crippen molar-refractivity contribution >= 4 is 17.3 Å². The van der Waals surface area contributed by atoms with Crippen LogP contribution in [0.15, 0.2) is 24.3 Å². The average Bonchev–Trinajstić information content (AvgIpc) is 2.48. The lowest BCUT2D eigenvalue weighted by Gasteiger charge is -2.33. The molecule has 0 heterocycles. The zero-order valence-electron chi connectivity index (χ0n) is 13.1. The third-order valence-corrected chi connectivity index (χ3v) is 4.54. The molecule has 1 fully saturated rings. The number of nitrogen functional groups attached to an aromatic ring is 1. The average molecular weight is 289 g/mol. The minimum atomic E-state index is 0.0314. The molecule has 4 heteroatoms.